The molecule has 1 aromatic heterocycles. The third-order valence-corrected chi connectivity index (χ3v) is 5.07. The van der Waals surface area contributed by atoms with Crippen molar-refractivity contribution in [3.05, 3.63) is 18.2 Å². The number of imidazole rings is 1. The average Bonchev–Trinajstić information content (AvgIpc) is 3.09. The lowest BCUT2D eigenvalue weighted by atomic mass is 9.92. The molecule has 1 N–H and O–H groups in total. The molecule has 0 aromatic carbocycles. The van der Waals surface area contributed by atoms with E-state index >= 15 is 0 Å². The summed E-state index contributed by atoms with van der Waals surface area (Å²) in [5.74, 6) is -36.5. The van der Waals surface area contributed by atoms with Gasteiger partial charge in [0.2, 0.25) is 0 Å². The van der Waals surface area contributed by atoms with Crippen molar-refractivity contribution >= 4 is 10.1 Å². The van der Waals surface area contributed by atoms with Crippen LogP contribution in [0.15, 0.2) is 12.4 Å². The predicted molar refractivity (Wildman–Crippen MR) is 81.8 cm³/mol. The number of aromatic nitrogens is 2. The lowest BCUT2D eigenvalue weighted by molar-refractivity contribution is -0.704. The molecule has 5 nitrogen and oxygen atoms in total. The molecule has 220 valence electrons. The number of rotatable bonds is 9. The van der Waals surface area contributed by atoms with Gasteiger partial charge in [-0.3, -0.25) is 0 Å². The van der Waals surface area contributed by atoms with Gasteiger partial charge in [-0.25, -0.2) is 26.7 Å². The number of alkyl halides is 17. The third-order valence-electron chi connectivity index (χ3n) is 4.23. The molecule has 0 atom stereocenters. The van der Waals surface area contributed by atoms with Gasteiger partial charge < -0.3 is 4.55 Å². The molecule has 0 amide bonds. The van der Waals surface area contributed by atoms with Gasteiger partial charge in [-0.2, -0.15) is 65.9 Å². The normalized spacial score (nSPS) is 15.0. The van der Waals surface area contributed by atoms with Crippen molar-refractivity contribution in [3.8, 4) is 0 Å². The maximum Gasteiger partial charge on any atom is 0.460 e. The van der Waals surface area contributed by atoms with Crippen LogP contribution < -0.4 is 4.57 Å². The summed E-state index contributed by atoms with van der Waals surface area (Å²) in [5, 5.41) is -5.48. The summed E-state index contributed by atoms with van der Waals surface area (Å²) in [7, 11) is -6.23. The molecule has 0 saturated carbocycles. The Balaban J connectivity index is 0.00000109. The van der Waals surface area contributed by atoms with E-state index in [0.29, 0.717) is 0 Å². The van der Waals surface area contributed by atoms with Gasteiger partial charge in [0.15, 0.2) is 10.1 Å². The molecule has 1 heterocycles. The fourth-order valence-electron chi connectivity index (χ4n) is 2.01. The van der Waals surface area contributed by atoms with E-state index in [4.69, 9.17) is 0 Å². The van der Waals surface area contributed by atoms with Crippen LogP contribution in [0.25, 0.3) is 0 Å². The second-order valence-electron chi connectivity index (χ2n) is 6.81. The summed E-state index contributed by atoms with van der Waals surface area (Å²) in [6.45, 7) is 0.0676. The Bertz CT molecular complexity index is 1020. The van der Waals surface area contributed by atoms with Crippen LogP contribution in [-0.4, -0.2) is 65.4 Å². The highest BCUT2D eigenvalue weighted by Gasteiger charge is 2.90. The van der Waals surface area contributed by atoms with Gasteiger partial charge in [0.1, 0.15) is 12.4 Å². The molecule has 23 heteroatoms. The van der Waals surface area contributed by atoms with Crippen LogP contribution >= 0.6 is 0 Å². The number of halogens is 17. The van der Waals surface area contributed by atoms with E-state index in [-0.39, 0.29) is 5.82 Å². The first-order valence-electron chi connectivity index (χ1n) is 8.54. The minimum atomic E-state index is -7.86. The molecule has 0 radical (unpaired) electrons. The minimum absolute atomic E-state index is 0.0508. The maximum absolute atomic E-state index is 13.5. The molecule has 0 aliphatic carbocycles. The fourth-order valence-corrected chi connectivity index (χ4v) is 2.23. The van der Waals surface area contributed by atoms with E-state index in [1.165, 1.54) is 6.92 Å². The highest BCUT2D eigenvalue weighted by Crippen LogP contribution is 2.60. The largest absolute Gasteiger partial charge is 0.743 e. The number of aryl methyl sites for hydroxylation is 2. The van der Waals surface area contributed by atoms with Gasteiger partial charge in [-0.15, -0.1) is 0 Å². The second-order valence-corrected chi connectivity index (χ2v) is 8.26. The first kappa shape index (κ1) is 34.9. The first-order valence-corrected chi connectivity index (χ1v) is 9.95. The molecule has 0 fully saturated rings. The summed E-state index contributed by atoms with van der Waals surface area (Å²) in [5.41, 5.74) is 0. The van der Waals surface area contributed by atoms with Gasteiger partial charge in [-0.05, 0) is 0 Å². The lowest BCUT2D eigenvalue weighted by Gasteiger charge is -2.39. The Hall–Kier alpha value is -2.07. The molecular formula is C14H11F17N2O3S. The van der Waals surface area contributed by atoms with E-state index < -0.39 is 70.6 Å². The monoisotopic (exact) mass is 610 g/mol. The summed E-state index contributed by atoms with van der Waals surface area (Å²) in [6, 6.07) is 0. The SMILES string of the molecule is Cc1[nH]cc[n+]1CCC(F)(F)C(F)(F)C(F)(F)C(F)(F)C(F)(F)C(F)(F)F.O=S(=O)([O-])C(F)(F)C(F)F. The van der Waals surface area contributed by atoms with Crippen molar-refractivity contribution in [2.24, 2.45) is 0 Å². The van der Waals surface area contributed by atoms with Crippen LogP contribution in [0.2, 0.25) is 0 Å². The van der Waals surface area contributed by atoms with Crippen LogP contribution in [0.4, 0.5) is 74.6 Å². The van der Waals surface area contributed by atoms with E-state index in [9.17, 15) is 87.6 Å². The topological polar surface area (TPSA) is 76.9 Å². The highest BCUT2D eigenvalue weighted by atomic mass is 32.2. The molecular weight excluding hydrogens is 599 g/mol. The molecule has 0 saturated heterocycles. The fraction of sp³-hybridized carbons (Fsp3) is 0.786. The average molecular weight is 610 g/mol. The highest BCUT2D eigenvalue weighted by molar-refractivity contribution is 7.86. The Morgan fingerprint density at radius 3 is 1.49 bits per heavy atom. The van der Waals surface area contributed by atoms with E-state index in [1.807, 2.05) is 0 Å². The zero-order valence-electron chi connectivity index (χ0n) is 17.2. The minimum Gasteiger partial charge on any atom is -0.743 e. The van der Waals surface area contributed by atoms with Crippen LogP contribution in [0.5, 0.6) is 0 Å². The van der Waals surface area contributed by atoms with Gasteiger partial charge in [0.05, 0.1) is 13.0 Å². The van der Waals surface area contributed by atoms with Gasteiger partial charge >= 0.3 is 47.5 Å². The number of hydrogen-bond donors (Lipinski definition) is 1. The molecule has 37 heavy (non-hydrogen) atoms. The number of H-pyrrole nitrogens is 1. The summed E-state index contributed by atoms with van der Waals surface area (Å²) >= 11 is 0. The standard InChI is InChI=1S/C12H9F13N2.C2H2F4O3S/c1-6-26-3-5-27(6)4-2-7(13,14)8(15,16)9(17,18)10(19,20)11(21,22)12(23,24)25;3-1(4)2(5,6)10(7,8)9/h3,5H,2,4H2,1H3;1H,(H,7,8,9). The number of hydrogen-bond acceptors (Lipinski definition) is 3. The zero-order chi connectivity index (χ0) is 30.3. The summed E-state index contributed by atoms with van der Waals surface area (Å²) in [6.07, 6.45) is -12.0. The van der Waals surface area contributed by atoms with E-state index in [2.05, 4.69) is 4.98 Å². The zero-order valence-corrected chi connectivity index (χ0v) is 18.0. The predicted octanol–water partition coefficient (Wildman–Crippen LogP) is 5.13. The lowest BCUT2D eigenvalue weighted by Crippen LogP contribution is -2.70. The van der Waals surface area contributed by atoms with Gasteiger partial charge in [-0.1, -0.05) is 0 Å². The van der Waals surface area contributed by atoms with E-state index in [1.54, 1.807) is 0 Å². The molecule has 0 bridgehead atoms. The maximum atomic E-state index is 13.5. The van der Waals surface area contributed by atoms with Crippen LogP contribution in [-0.2, 0) is 16.7 Å². The molecule has 0 aliphatic heterocycles. The number of nitrogens with zero attached hydrogens (tertiary/aromatic N) is 1. The quantitative estimate of drug-likeness (QED) is 0.240. The van der Waals surface area contributed by atoms with Crippen LogP contribution in [0.1, 0.15) is 12.2 Å². The molecule has 1 rings (SSSR count). The van der Waals surface area contributed by atoms with Crippen molar-refractivity contribution in [1.29, 1.82) is 0 Å². The van der Waals surface area contributed by atoms with Crippen molar-refractivity contribution in [2.75, 3.05) is 0 Å². The Morgan fingerprint density at radius 1 is 0.811 bits per heavy atom. The Kier molecular flexibility index (Phi) is 9.67. The van der Waals surface area contributed by atoms with Crippen LogP contribution in [0, 0.1) is 6.92 Å². The summed E-state index contributed by atoms with van der Waals surface area (Å²) in [4.78, 5) is 2.37. The van der Waals surface area contributed by atoms with Gasteiger partial charge in [0, 0.05) is 6.92 Å². The van der Waals surface area contributed by atoms with Gasteiger partial charge in [0.25, 0.3) is 5.82 Å². The van der Waals surface area contributed by atoms with Crippen molar-refractivity contribution in [3.63, 3.8) is 0 Å². The van der Waals surface area contributed by atoms with Crippen LogP contribution in [0.3, 0.4) is 0 Å². The molecule has 1 aromatic rings. The molecule has 0 spiro atoms. The molecule has 0 aliphatic rings. The number of nitrogens with one attached hydrogen (secondary N) is 1. The first-order chi connectivity index (χ1) is 15.9. The smallest absolute Gasteiger partial charge is 0.460 e. The second kappa shape index (κ2) is 10.2. The number of aromatic amines is 1. The summed E-state index contributed by atoms with van der Waals surface area (Å²) < 4.78 is 241. The third kappa shape index (κ3) is 6.33. The Labute approximate surface area is 194 Å². The van der Waals surface area contributed by atoms with E-state index in [0.717, 1.165) is 17.0 Å². The molecule has 0 unspecified atom stereocenters. The van der Waals surface area contributed by atoms with Crippen molar-refractivity contribution in [2.45, 2.75) is 67.4 Å². The van der Waals surface area contributed by atoms with Crippen molar-refractivity contribution in [1.82, 2.24) is 4.98 Å². The van der Waals surface area contributed by atoms with Crippen molar-refractivity contribution < 1.29 is 92.2 Å². The Morgan fingerprint density at radius 2 is 1.22 bits per heavy atom.